The van der Waals surface area contributed by atoms with E-state index < -0.39 is 0 Å². The lowest BCUT2D eigenvalue weighted by Crippen LogP contribution is -2.17. The zero-order valence-corrected chi connectivity index (χ0v) is 18.3. The van der Waals surface area contributed by atoms with Gasteiger partial charge in [0.1, 0.15) is 23.2 Å². The fraction of sp³-hybridized carbons (Fsp3) is 0.208. The second-order valence-corrected chi connectivity index (χ2v) is 8.08. The zero-order valence-electron chi connectivity index (χ0n) is 17.5. The summed E-state index contributed by atoms with van der Waals surface area (Å²) < 4.78 is 0. The van der Waals surface area contributed by atoms with Crippen LogP contribution >= 0.6 is 11.6 Å². The van der Waals surface area contributed by atoms with E-state index in [0.29, 0.717) is 22.0 Å². The van der Waals surface area contributed by atoms with Crippen LogP contribution in [0.15, 0.2) is 42.5 Å². The zero-order chi connectivity index (χ0) is 22.7. The number of aromatic nitrogens is 1. The molecule has 7 heteroatoms. The van der Waals surface area contributed by atoms with Crippen LogP contribution in [-0.2, 0) is 11.2 Å². The van der Waals surface area contributed by atoms with Gasteiger partial charge in [0, 0.05) is 16.3 Å². The maximum absolute atomic E-state index is 12.7. The normalized spacial score (nSPS) is 10.7. The molecule has 2 aromatic carbocycles. The number of aryl methyl sites for hydroxylation is 1. The molecule has 1 aromatic heterocycles. The fourth-order valence-corrected chi connectivity index (χ4v) is 3.48. The highest BCUT2D eigenvalue weighted by atomic mass is 35.5. The molecule has 1 amide bonds. The van der Waals surface area contributed by atoms with Crippen molar-refractivity contribution < 1.29 is 9.90 Å². The molecular weight excluding hydrogens is 412 g/mol. The van der Waals surface area contributed by atoms with Gasteiger partial charge in [-0.3, -0.25) is 4.79 Å². The van der Waals surface area contributed by atoms with Gasteiger partial charge < -0.3 is 16.2 Å². The van der Waals surface area contributed by atoms with Gasteiger partial charge in [0.05, 0.1) is 12.1 Å². The fourth-order valence-electron chi connectivity index (χ4n) is 3.35. The summed E-state index contributed by atoms with van der Waals surface area (Å²) in [6.07, 6.45) is -0.0200. The Labute approximate surface area is 186 Å². The first kappa shape index (κ1) is 22.1. The molecule has 0 unspecified atom stereocenters. The number of nitrogens with two attached hydrogens (primary N) is 1. The molecule has 6 nitrogen and oxygen atoms in total. The minimum absolute atomic E-state index is 0.0200. The van der Waals surface area contributed by atoms with Crippen molar-refractivity contribution in [2.24, 2.45) is 0 Å². The van der Waals surface area contributed by atoms with Crippen LogP contribution in [0.3, 0.4) is 0 Å². The van der Waals surface area contributed by atoms with Gasteiger partial charge in [0.25, 0.3) is 0 Å². The molecule has 0 aliphatic rings. The monoisotopic (exact) mass is 434 g/mol. The summed E-state index contributed by atoms with van der Waals surface area (Å²) in [5.41, 5.74) is 10.2. The van der Waals surface area contributed by atoms with Gasteiger partial charge in [-0.05, 0) is 59.9 Å². The van der Waals surface area contributed by atoms with E-state index in [0.717, 1.165) is 16.7 Å². The van der Waals surface area contributed by atoms with Crippen molar-refractivity contribution in [3.8, 4) is 22.9 Å². The number of nitriles is 1. The average Bonchev–Trinajstić information content (AvgIpc) is 2.70. The Balaban J connectivity index is 1.90. The molecule has 3 rings (SSSR count). The molecule has 31 heavy (non-hydrogen) atoms. The van der Waals surface area contributed by atoms with Crippen molar-refractivity contribution in [1.82, 2.24) is 4.98 Å². The van der Waals surface area contributed by atoms with Crippen molar-refractivity contribution in [1.29, 1.82) is 5.26 Å². The Morgan fingerprint density at radius 1 is 1.26 bits per heavy atom. The second kappa shape index (κ2) is 9.07. The van der Waals surface area contributed by atoms with Crippen molar-refractivity contribution in [3.05, 3.63) is 69.9 Å². The Hall–Kier alpha value is -3.56. The van der Waals surface area contributed by atoms with Crippen LogP contribution in [0.25, 0.3) is 11.1 Å². The predicted molar refractivity (Wildman–Crippen MR) is 123 cm³/mol. The predicted octanol–water partition coefficient (Wildman–Crippen LogP) is 5.17. The summed E-state index contributed by atoms with van der Waals surface area (Å²) in [7, 11) is 0. The number of aromatic hydroxyl groups is 1. The number of amides is 1. The molecule has 0 aliphatic carbocycles. The van der Waals surface area contributed by atoms with Crippen LogP contribution in [0.1, 0.15) is 42.1 Å². The largest absolute Gasteiger partial charge is 0.508 e. The lowest BCUT2D eigenvalue weighted by Gasteiger charge is -2.15. The van der Waals surface area contributed by atoms with E-state index in [1.165, 1.54) is 0 Å². The van der Waals surface area contributed by atoms with Gasteiger partial charge in [-0.15, -0.1) is 0 Å². The number of nitrogens with one attached hydrogen (secondary N) is 1. The Morgan fingerprint density at radius 2 is 1.94 bits per heavy atom. The van der Waals surface area contributed by atoms with Gasteiger partial charge in [-0.25, -0.2) is 4.98 Å². The van der Waals surface area contributed by atoms with E-state index >= 15 is 0 Å². The van der Waals surface area contributed by atoms with E-state index in [9.17, 15) is 15.2 Å². The number of phenolic OH excluding ortho intramolecular Hbond substituents is 1. The van der Waals surface area contributed by atoms with Crippen LogP contribution in [0, 0.1) is 18.3 Å². The third kappa shape index (κ3) is 4.96. The molecule has 0 aliphatic heterocycles. The summed E-state index contributed by atoms with van der Waals surface area (Å²) in [6.45, 7) is 5.76. The number of hydrogen-bond acceptors (Lipinski definition) is 5. The van der Waals surface area contributed by atoms with Crippen LogP contribution in [-0.4, -0.2) is 16.0 Å². The molecule has 0 saturated heterocycles. The number of nitrogen functional groups attached to an aromatic ring is 1. The van der Waals surface area contributed by atoms with Crippen LogP contribution in [0.5, 0.6) is 5.75 Å². The number of halogens is 1. The van der Waals surface area contributed by atoms with E-state index in [4.69, 9.17) is 17.3 Å². The van der Waals surface area contributed by atoms with Gasteiger partial charge in [-0.2, -0.15) is 5.26 Å². The van der Waals surface area contributed by atoms with Gasteiger partial charge >= 0.3 is 0 Å². The summed E-state index contributed by atoms with van der Waals surface area (Å²) in [5, 5.41) is 23.1. The van der Waals surface area contributed by atoms with E-state index in [1.54, 1.807) is 42.5 Å². The van der Waals surface area contributed by atoms with Gasteiger partial charge in [-0.1, -0.05) is 37.6 Å². The molecule has 0 bridgehead atoms. The van der Waals surface area contributed by atoms with Crippen molar-refractivity contribution in [2.45, 2.75) is 33.1 Å². The standard InChI is InChI=1S/C24H23ClN4O2/c1-13(2)18-11-21(14(3)8-22(18)30)29-23(31)10-17-9-19(20(12-26)24(27)28-17)15-4-6-16(25)7-5-15/h4-9,11,13,30H,10H2,1-3H3,(H2,27,28)(H,29,31). The highest BCUT2D eigenvalue weighted by Crippen LogP contribution is 2.32. The maximum Gasteiger partial charge on any atom is 0.230 e. The molecule has 4 N–H and O–H groups in total. The SMILES string of the molecule is Cc1cc(O)c(C(C)C)cc1NC(=O)Cc1cc(-c2ccc(Cl)cc2)c(C#N)c(N)n1. The highest BCUT2D eigenvalue weighted by molar-refractivity contribution is 6.30. The van der Waals surface area contributed by atoms with E-state index in [-0.39, 0.29) is 35.4 Å². The number of carbonyl (C=O) groups excluding carboxylic acids is 1. The molecule has 0 saturated carbocycles. The first-order chi connectivity index (χ1) is 14.7. The van der Waals surface area contributed by atoms with Crippen LogP contribution in [0.4, 0.5) is 11.5 Å². The number of nitrogens with zero attached hydrogens (tertiary/aromatic N) is 2. The number of hydrogen-bond donors (Lipinski definition) is 3. The highest BCUT2D eigenvalue weighted by Gasteiger charge is 2.16. The topological polar surface area (TPSA) is 112 Å². The lowest BCUT2D eigenvalue weighted by atomic mass is 9.98. The van der Waals surface area contributed by atoms with Crippen LogP contribution < -0.4 is 11.1 Å². The third-order valence-corrected chi connectivity index (χ3v) is 5.23. The number of phenols is 1. The third-order valence-electron chi connectivity index (χ3n) is 4.98. The number of pyridine rings is 1. The molecule has 1 heterocycles. The van der Waals surface area contributed by atoms with Gasteiger partial charge in [0.15, 0.2) is 0 Å². The van der Waals surface area contributed by atoms with E-state index in [1.807, 2.05) is 20.8 Å². The molecule has 0 fully saturated rings. The molecule has 3 aromatic rings. The second-order valence-electron chi connectivity index (χ2n) is 7.65. The summed E-state index contributed by atoms with van der Waals surface area (Å²) in [6, 6.07) is 14.2. The molecule has 0 spiro atoms. The number of rotatable bonds is 5. The average molecular weight is 435 g/mol. The lowest BCUT2D eigenvalue weighted by molar-refractivity contribution is -0.115. The smallest absolute Gasteiger partial charge is 0.230 e. The molecular formula is C24H23ClN4O2. The number of benzene rings is 2. The molecule has 0 atom stereocenters. The van der Waals surface area contributed by atoms with Crippen LogP contribution in [0.2, 0.25) is 5.02 Å². The molecule has 0 radical (unpaired) electrons. The van der Waals surface area contributed by atoms with Gasteiger partial charge in [0.2, 0.25) is 5.91 Å². The van der Waals surface area contributed by atoms with E-state index in [2.05, 4.69) is 16.4 Å². The number of carbonyl (C=O) groups is 1. The Morgan fingerprint density at radius 3 is 2.55 bits per heavy atom. The first-order valence-electron chi connectivity index (χ1n) is 9.78. The first-order valence-corrected chi connectivity index (χ1v) is 10.2. The van der Waals surface area contributed by atoms with Crippen molar-refractivity contribution in [2.75, 3.05) is 11.1 Å². The van der Waals surface area contributed by atoms with Crippen molar-refractivity contribution in [3.63, 3.8) is 0 Å². The summed E-state index contributed by atoms with van der Waals surface area (Å²) >= 11 is 5.96. The Kier molecular flexibility index (Phi) is 6.47. The minimum atomic E-state index is -0.276. The Bertz CT molecular complexity index is 1180. The quantitative estimate of drug-likeness (QED) is 0.479. The summed E-state index contributed by atoms with van der Waals surface area (Å²) in [4.78, 5) is 17.0. The summed E-state index contributed by atoms with van der Waals surface area (Å²) in [5.74, 6) is 0.112. The van der Waals surface area contributed by atoms with Crippen molar-refractivity contribution >= 4 is 29.0 Å². The number of anilines is 2. The minimum Gasteiger partial charge on any atom is -0.508 e. The maximum atomic E-state index is 12.7. The molecule has 158 valence electrons.